The second-order valence-electron chi connectivity index (χ2n) is 6.24. The molecule has 0 amide bonds. The Morgan fingerprint density at radius 1 is 1.29 bits per heavy atom. The summed E-state index contributed by atoms with van der Waals surface area (Å²) >= 11 is 0. The van der Waals surface area contributed by atoms with Crippen molar-refractivity contribution in [1.82, 2.24) is 19.8 Å². The first-order chi connectivity index (χ1) is 10.1. The third-order valence-electron chi connectivity index (χ3n) is 4.65. The molecule has 0 spiro atoms. The van der Waals surface area contributed by atoms with Gasteiger partial charge in [0.2, 0.25) is 0 Å². The average molecular weight is 287 g/mol. The Morgan fingerprint density at radius 2 is 2.00 bits per heavy atom. The lowest BCUT2D eigenvalue weighted by Gasteiger charge is -2.20. The monoisotopic (exact) mass is 287 g/mol. The number of nitrogens with zero attached hydrogens (tertiary/aromatic N) is 3. The van der Waals surface area contributed by atoms with Crippen LogP contribution < -0.4 is 0 Å². The van der Waals surface area contributed by atoms with Crippen LogP contribution in [0, 0.1) is 23.1 Å². The first kappa shape index (κ1) is 12.8. The molecule has 5 nitrogen and oxygen atoms in total. The number of fused-ring (bicyclic) bond motifs is 2. The second-order valence-corrected chi connectivity index (χ2v) is 6.24. The maximum Gasteiger partial charge on any atom is 0.173 e. The molecular weight excluding hydrogens is 269 g/mol. The van der Waals surface area contributed by atoms with Gasteiger partial charge in [-0.15, -0.1) is 0 Å². The highest BCUT2D eigenvalue weighted by molar-refractivity contribution is 5.96. The minimum atomic E-state index is -0.300. The molecule has 1 aromatic carbocycles. The minimum absolute atomic E-state index is 0.300. The van der Waals surface area contributed by atoms with Gasteiger partial charge in [0.05, 0.1) is 11.0 Å². The first-order valence-electron chi connectivity index (χ1n) is 7.28. The summed E-state index contributed by atoms with van der Waals surface area (Å²) in [6, 6.07) is 4.47. The number of hydrogen-bond acceptors (Lipinski definition) is 3. The Morgan fingerprint density at radius 3 is 2.71 bits per heavy atom. The van der Waals surface area contributed by atoms with Gasteiger partial charge < -0.3 is 14.8 Å². The first-order valence-corrected chi connectivity index (χ1v) is 7.28. The van der Waals surface area contributed by atoms with Crippen molar-refractivity contribution >= 4 is 16.9 Å². The number of hydrogen-bond donors (Lipinski definition) is 2. The predicted octanol–water partition coefficient (Wildman–Crippen LogP) is 1.52. The van der Waals surface area contributed by atoms with Gasteiger partial charge in [-0.2, -0.15) is 0 Å². The van der Waals surface area contributed by atoms with E-state index in [0.29, 0.717) is 29.0 Å². The summed E-state index contributed by atoms with van der Waals surface area (Å²) in [4.78, 5) is 11.9. The number of nitrogens with one attached hydrogen (secondary N) is 2. The van der Waals surface area contributed by atoms with Crippen LogP contribution >= 0.6 is 0 Å². The van der Waals surface area contributed by atoms with Crippen molar-refractivity contribution in [2.45, 2.75) is 0 Å². The van der Waals surface area contributed by atoms with Gasteiger partial charge in [-0.25, -0.2) is 9.37 Å². The Balaban J connectivity index is 1.57. The normalized spacial score (nSPS) is 25.7. The molecule has 2 atom stereocenters. The molecule has 2 aliphatic heterocycles. The van der Waals surface area contributed by atoms with E-state index in [1.165, 1.54) is 12.1 Å². The van der Waals surface area contributed by atoms with Crippen LogP contribution in [0.1, 0.15) is 5.82 Å². The molecule has 0 bridgehead atoms. The lowest BCUT2D eigenvalue weighted by Crippen LogP contribution is -2.33. The van der Waals surface area contributed by atoms with E-state index in [-0.39, 0.29) is 5.82 Å². The zero-order valence-corrected chi connectivity index (χ0v) is 11.9. The number of aromatic amines is 1. The summed E-state index contributed by atoms with van der Waals surface area (Å²) in [5.41, 5.74) is 1.35. The van der Waals surface area contributed by atoms with Crippen molar-refractivity contribution < 1.29 is 4.39 Å². The molecule has 6 heteroatoms. The van der Waals surface area contributed by atoms with Crippen LogP contribution in [-0.2, 0) is 0 Å². The predicted molar refractivity (Wildman–Crippen MR) is 78.9 cm³/mol. The van der Waals surface area contributed by atoms with Crippen LogP contribution in [0.3, 0.4) is 0 Å². The van der Waals surface area contributed by atoms with Crippen LogP contribution in [0.15, 0.2) is 18.2 Å². The molecule has 0 aliphatic carbocycles. The van der Waals surface area contributed by atoms with Crippen LogP contribution in [0.4, 0.5) is 4.39 Å². The molecule has 0 radical (unpaired) electrons. The summed E-state index contributed by atoms with van der Waals surface area (Å²) in [5.74, 6) is 1.95. The zero-order chi connectivity index (χ0) is 14.6. The average Bonchev–Trinajstić information content (AvgIpc) is 3.08. The molecule has 1 aromatic heterocycles. The number of aromatic nitrogens is 2. The molecule has 0 saturated carbocycles. The van der Waals surface area contributed by atoms with E-state index >= 15 is 0 Å². The van der Waals surface area contributed by atoms with Gasteiger partial charge in [0.1, 0.15) is 5.82 Å². The quantitative estimate of drug-likeness (QED) is 0.617. The van der Waals surface area contributed by atoms with E-state index in [9.17, 15) is 4.39 Å². The molecule has 2 unspecified atom stereocenters. The van der Waals surface area contributed by atoms with Gasteiger partial charge in [0, 0.05) is 32.2 Å². The highest BCUT2D eigenvalue weighted by Crippen LogP contribution is 2.30. The number of halogens is 1. The van der Waals surface area contributed by atoms with Gasteiger partial charge in [-0.3, -0.25) is 5.41 Å². The Kier molecular flexibility index (Phi) is 2.75. The van der Waals surface area contributed by atoms with Crippen molar-refractivity contribution in [3.8, 4) is 0 Å². The van der Waals surface area contributed by atoms with Crippen molar-refractivity contribution in [3.05, 3.63) is 29.8 Å². The molecule has 4 rings (SSSR count). The summed E-state index contributed by atoms with van der Waals surface area (Å²) < 4.78 is 13.2. The number of likely N-dealkylation sites (tertiary alicyclic amines) is 2. The van der Waals surface area contributed by atoms with Gasteiger partial charge in [0.15, 0.2) is 11.7 Å². The standard InChI is InChI=1S/C15H18FN5/c1-20-5-9-7-21(8-10(9)6-20)14(17)15-18-12-3-2-11(16)4-13(12)19-15/h2-4,9-10,17H,5-8H2,1H3,(H,18,19). The molecule has 3 heterocycles. The number of imidazole rings is 1. The number of benzene rings is 1. The molecule has 21 heavy (non-hydrogen) atoms. The fourth-order valence-corrected chi connectivity index (χ4v) is 3.65. The summed E-state index contributed by atoms with van der Waals surface area (Å²) in [6.07, 6.45) is 0. The van der Waals surface area contributed by atoms with Crippen molar-refractivity contribution in [3.63, 3.8) is 0 Å². The van der Waals surface area contributed by atoms with Crippen molar-refractivity contribution in [2.24, 2.45) is 11.8 Å². The lowest BCUT2D eigenvalue weighted by atomic mass is 10.0. The molecule has 110 valence electrons. The molecular formula is C15H18FN5. The molecule has 2 aromatic rings. The fourth-order valence-electron chi connectivity index (χ4n) is 3.65. The minimum Gasteiger partial charge on any atom is -0.353 e. The van der Waals surface area contributed by atoms with E-state index in [0.717, 1.165) is 31.7 Å². The lowest BCUT2D eigenvalue weighted by molar-refractivity contribution is 0.347. The largest absolute Gasteiger partial charge is 0.353 e. The van der Waals surface area contributed by atoms with Crippen molar-refractivity contribution in [1.29, 1.82) is 5.41 Å². The number of rotatable bonds is 1. The van der Waals surface area contributed by atoms with Crippen LogP contribution in [0.5, 0.6) is 0 Å². The zero-order valence-electron chi connectivity index (χ0n) is 11.9. The molecule has 2 fully saturated rings. The Labute approximate surface area is 122 Å². The van der Waals surface area contributed by atoms with E-state index in [2.05, 4.69) is 26.8 Å². The molecule has 2 saturated heterocycles. The third-order valence-corrected chi connectivity index (χ3v) is 4.65. The SMILES string of the molecule is CN1CC2CN(C(=N)c3nc4cc(F)ccc4[nH]3)CC2C1. The van der Waals surface area contributed by atoms with E-state index in [1.807, 2.05) is 0 Å². The van der Waals surface area contributed by atoms with Crippen LogP contribution in [0.25, 0.3) is 11.0 Å². The third kappa shape index (κ3) is 2.10. The van der Waals surface area contributed by atoms with E-state index in [1.54, 1.807) is 6.07 Å². The smallest absolute Gasteiger partial charge is 0.173 e. The highest BCUT2D eigenvalue weighted by Gasteiger charge is 2.40. The maximum absolute atomic E-state index is 13.2. The second kappa shape index (κ2) is 4.53. The highest BCUT2D eigenvalue weighted by atomic mass is 19.1. The topological polar surface area (TPSA) is 59.0 Å². The fraction of sp³-hybridized carbons (Fsp3) is 0.467. The van der Waals surface area contributed by atoms with Gasteiger partial charge in [-0.05, 0) is 31.0 Å². The maximum atomic E-state index is 13.2. The Hall–Kier alpha value is -1.95. The molecule has 2 aliphatic rings. The van der Waals surface area contributed by atoms with Crippen molar-refractivity contribution in [2.75, 3.05) is 33.2 Å². The molecule has 2 N–H and O–H groups in total. The number of H-pyrrole nitrogens is 1. The summed E-state index contributed by atoms with van der Waals surface area (Å²) in [6.45, 7) is 4.05. The van der Waals surface area contributed by atoms with Crippen LogP contribution in [-0.4, -0.2) is 58.8 Å². The number of amidine groups is 1. The Bertz CT molecular complexity index is 695. The van der Waals surface area contributed by atoms with Crippen LogP contribution in [0.2, 0.25) is 0 Å². The van der Waals surface area contributed by atoms with E-state index in [4.69, 9.17) is 5.41 Å². The summed E-state index contributed by atoms with van der Waals surface area (Å²) in [5, 5.41) is 8.37. The van der Waals surface area contributed by atoms with Gasteiger partial charge in [0.25, 0.3) is 0 Å². The van der Waals surface area contributed by atoms with Gasteiger partial charge >= 0.3 is 0 Å². The van der Waals surface area contributed by atoms with Gasteiger partial charge in [-0.1, -0.05) is 0 Å². The summed E-state index contributed by atoms with van der Waals surface area (Å²) in [7, 11) is 2.15. The van der Waals surface area contributed by atoms with E-state index < -0.39 is 0 Å².